The summed E-state index contributed by atoms with van der Waals surface area (Å²) >= 11 is 11.9. The Morgan fingerprint density at radius 1 is 1.04 bits per heavy atom. The standard InChI is InChI=1S/C19H21Cl2N3O3S/c1-14-2-5-16(6-3-14)28(26,27)24-10-8-23(9-11-24)13-19(25)22-18-7-4-15(20)12-17(18)21/h2-7,12H,8-11,13H2,1H3,(H,22,25). The van der Waals surface area contributed by atoms with E-state index in [2.05, 4.69) is 5.32 Å². The second kappa shape index (κ2) is 8.80. The highest BCUT2D eigenvalue weighted by molar-refractivity contribution is 7.89. The summed E-state index contributed by atoms with van der Waals surface area (Å²) in [4.78, 5) is 14.5. The number of nitrogens with one attached hydrogen (secondary N) is 1. The maximum absolute atomic E-state index is 12.7. The first-order valence-corrected chi connectivity index (χ1v) is 11.0. The smallest absolute Gasteiger partial charge is 0.243 e. The van der Waals surface area contributed by atoms with Gasteiger partial charge >= 0.3 is 0 Å². The van der Waals surface area contributed by atoms with Crippen molar-refractivity contribution in [1.29, 1.82) is 0 Å². The van der Waals surface area contributed by atoms with Crippen molar-refractivity contribution in [3.63, 3.8) is 0 Å². The third-order valence-electron chi connectivity index (χ3n) is 4.56. The lowest BCUT2D eigenvalue weighted by molar-refractivity contribution is -0.117. The highest BCUT2D eigenvalue weighted by Crippen LogP contribution is 2.25. The fourth-order valence-corrected chi connectivity index (χ4v) is 4.85. The first kappa shape index (κ1) is 21.1. The summed E-state index contributed by atoms with van der Waals surface area (Å²) in [5.41, 5.74) is 1.51. The van der Waals surface area contributed by atoms with Gasteiger partial charge in [-0.05, 0) is 37.3 Å². The Morgan fingerprint density at radius 2 is 1.68 bits per heavy atom. The lowest BCUT2D eigenvalue weighted by atomic mass is 10.2. The van der Waals surface area contributed by atoms with E-state index in [-0.39, 0.29) is 12.5 Å². The van der Waals surface area contributed by atoms with E-state index in [1.807, 2.05) is 11.8 Å². The van der Waals surface area contributed by atoms with Crippen LogP contribution in [0.3, 0.4) is 0 Å². The van der Waals surface area contributed by atoms with Gasteiger partial charge in [0, 0.05) is 31.2 Å². The molecular formula is C19H21Cl2N3O3S. The molecule has 0 unspecified atom stereocenters. The Kier molecular flexibility index (Phi) is 6.62. The Morgan fingerprint density at radius 3 is 2.29 bits per heavy atom. The molecule has 1 fully saturated rings. The van der Waals surface area contributed by atoms with E-state index in [0.717, 1.165) is 5.56 Å². The monoisotopic (exact) mass is 441 g/mol. The van der Waals surface area contributed by atoms with Crippen LogP contribution in [0, 0.1) is 6.92 Å². The quantitative estimate of drug-likeness (QED) is 0.772. The molecule has 150 valence electrons. The van der Waals surface area contributed by atoms with Crippen molar-refractivity contribution in [2.45, 2.75) is 11.8 Å². The molecule has 1 aliphatic rings. The number of amides is 1. The van der Waals surface area contributed by atoms with E-state index >= 15 is 0 Å². The van der Waals surface area contributed by atoms with Crippen LogP contribution >= 0.6 is 23.2 Å². The topological polar surface area (TPSA) is 69.7 Å². The second-order valence-electron chi connectivity index (χ2n) is 6.67. The number of benzene rings is 2. The van der Waals surface area contributed by atoms with Gasteiger partial charge in [0.05, 0.1) is 22.2 Å². The average molecular weight is 442 g/mol. The first-order chi connectivity index (χ1) is 13.3. The normalized spacial score (nSPS) is 16.1. The summed E-state index contributed by atoms with van der Waals surface area (Å²) < 4.78 is 26.9. The maximum Gasteiger partial charge on any atom is 0.243 e. The van der Waals surface area contributed by atoms with Crippen molar-refractivity contribution in [2.75, 3.05) is 38.0 Å². The van der Waals surface area contributed by atoms with Crippen LogP contribution in [-0.4, -0.2) is 56.3 Å². The van der Waals surface area contributed by atoms with Gasteiger partial charge in [-0.25, -0.2) is 8.42 Å². The number of sulfonamides is 1. The van der Waals surface area contributed by atoms with Gasteiger partial charge < -0.3 is 5.32 Å². The van der Waals surface area contributed by atoms with Crippen LogP contribution in [0.2, 0.25) is 10.0 Å². The van der Waals surface area contributed by atoms with E-state index in [0.29, 0.717) is 46.8 Å². The Hall–Kier alpha value is -1.64. The van der Waals surface area contributed by atoms with Gasteiger partial charge in [-0.1, -0.05) is 40.9 Å². The van der Waals surface area contributed by atoms with Crippen molar-refractivity contribution in [3.8, 4) is 0 Å². The molecule has 0 aliphatic carbocycles. The zero-order valence-corrected chi connectivity index (χ0v) is 17.7. The molecule has 0 radical (unpaired) electrons. The molecule has 0 spiro atoms. The van der Waals surface area contributed by atoms with E-state index < -0.39 is 10.0 Å². The Bertz CT molecular complexity index is 957. The van der Waals surface area contributed by atoms with Gasteiger partial charge in [0.25, 0.3) is 0 Å². The van der Waals surface area contributed by atoms with Gasteiger partial charge in [-0.2, -0.15) is 4.31 Å². The second-order valence-corrected chi connectivity index (χ2v) is 9.45. The van der Waals surface area contributed by atoms with Gasteiger partial charge in [-0.3, -0.25) is 9.69 Å². The summed E-state index contributed by atoms with van der Waals surface area (Å²) in [6.07, 6.45) is 0. The number of hydrogen-bond donors (Lipinski definition) is 1. The van der Waals surface area contributed by atoms with E-state index in [1.165, 1.54) is 4.31 Å². The van der Waals surface area contributed by atoms with E-state index in [1.54, 1.807) is 42.5 Å². The van der Waals surface area contributed by atoms with Crippen LogP contribution in [0.15, 0.2) is 47.4 Å². The maximum atomic E-state index is 12.7. The summed E-state index contributed by atoms with van der Waals surface area (Å²) in [5, 5.41) is 3.62. The SMILES string of the molecule is Cc1ccc(S(=O)(=O)N2CCN(CC(=O)Nc3ccc(Cl)cc3Cl)CC2)cc1. The minimum atomic E-state index is -3.51. The molecule has 1 N–H and O–H groups in total. The van der Waals surface area contributed by atoms with Crippen LogP contribution in [0.5, 0.6) is 0 Å². The first-order valence-electron chi connectivity index (χ1n) is 8.80. The average Bonchev–Trinajstić information content (AvgIpc) is 2.65. The third-order valence-corrected chi connectivity index (χ3v) is 7.02. The summed E-state index contributed by atoms with van der Waals surface area (Å²) in [5.74, 6) is -0.209. The van der Waals surface area contributed by atoms with Crippen molar-refractivity contribution < 1.29 is 13.2 Å². The summed E-state index contributed by atoms with van der Waals surface area (Å²) in [7, 11) is -3.51. The van der Waals surface area contributed by atoms with Gasteiger partial charge in [0.15, 0.2) is 0 Å². The number of carbonyl (C=O) groups excluding carboxylic acids is 1. The van der Waals surface area contributed by atoms with Gasteiger partial charge in [0.1, 0.15) is 0 Å². The lowest BCUT2D eigenvalue weighted by Gasteiger charge is -2.33. The molecule has 0 saturated carbocycles. The number of carbonyl (C=O) groups is 1. The molecule has 0 bridgehead atoms. The van der Waals surface area contributed by atoms with E-state index in [4.69, 9.17) is 23.2 Å². The zero-order valence-electron chi connectivity index (χ0n) is 15.4. The predicted molar refractivity (Wildman–Crippen MR) is 111 cm³/mol. The Labute approximate surface area is 175 Å². The number of rotatable bonds is 5. The van der Waals surface area contributed by atoms with Crippen LogP contribution in [-0.2, 0) is 14.8 Å². The minimum absolute atomic E-state index is 0.164. The number of anilines is 1. The Balaban J connectivity index is 1.55. The largest absolute Gasteiger partial charge is 0.324 e. The number of halogens is 2. The summed E-state index contributed by atoms with van der Waals surface area (Å²) in [6.45, 7) is 3.71. The molecule has 1 heterocycles. The highest BCUT2D eigenvalue weighted by atomic mass is 35.5. The molecular weight excluding hydrogens is 421 g/mol. The number of aryl methyl sites for hydroxylation is 1. The fourth-order valence-electron chi connectivity index (χ4n) is 2.97. The van der Waals surface area contributed by atoms with Gasteiger partial charge in [0.2, 0.25) is 15.9 Å². The molecule has 1 saturated heterocycles. The molecule has 2 aromatic rings. The summed E-state index contributed by atoms with van der Waals surface area (Å²) in [6, 6.07) is 11.7. The molecule has 9 heteroatoms. The van der Waals surface area contributed by atoms with Crippen molar-refractivity contribution in [3.05, 3.63) is 58.1 Å². The van der Waals surface area contributed by atoms with Crippen LogP contribution in [0.25, 0.3) is 0 Å². The third kappa shape index (κ3) is 5.04. The molecule has 0 atom stereocenters. The van der Waals surface area contributed by atoms with Crippen LogP contribution in [0.1, 0.15) is 5.56 Å². The molecule has 1 amide bonds. The number of hydrogen-bond acceptors (Lipinski definition) is 4. The van der Waals surface area contributed by atoms with Gasteiger partial charge in [-0.15, -0.1) is 0 Å². The van der Waals surface area contributed by atoms with Crippen molar-refractivity contribution >= 4 is 44.8 Å². The van der Waals surface area contributed by atoms with Crippen LogP contribution in [0.4, 0.5) is 5.69 Å². The minimum Gasteiger partial charge on any atom is -0.324 e. The molecule has 6 nitrogen and oxygen atoms in total. The molecule has 2 aromatic carbocycles. The fraction of sp³-hybridized carbons (Fsp3) is 0.316. The molecule has 1 aliphatic heterocycles. The molecule has 3 rings (SSSR count). The number of piperazine rings is 1. The molecule has 28 heavy (non-hydrogen) atoms. The molecule has 0 aromatic heterocycles. The highest BCUT2D eigenvalue weighted by Gasteiger charge is 2.29. The van der Waals surface area contributed by atoms with Crippen LogP contribution < -0.4 is 5.32 Å². The van der Waals surface area contributed by atoms with Crippen molar-refractivity contribution in [1.82, 2.24) is 9.21 Å². The lowest BCUT2D eigenvalue weighted by Crippen LogP contribution is -2.50. The predicted octanol–water partition coefficient (Wildman–Crippen LogP) is 3.25. The van der Waals surface area contributed by atoms with E-state index in [9.17, 15) is 13.2 Å². The number of nitrogens with zero attached hydrogens (tertiary/aromatic N) is 2. The zero-order chi connectivity index (χ0) is 20.3. The van der Waals surface area contributed by atoms with Crippen molar-refractivity contribution in [2.24, 2.45) is 0 Å².